The lowest BCUT2D eigenvalue weighted by Gasteiger charge is -2.29. The van der Waals surface area contributed by atoms with E-state index in [9.17, 15) is 9.18 Å². The molecule has 2 rings (SSSR count). The first-order valence-electron chi connectivity index (χ1n) is 6.48. The Kier molecular flexibility index (Phi) is 4.31. The summed E-state index contributed by atoms with van der Waals surface area (Å²) in [7, 11) is 0. The third-order valence-electron chi connectivity index (χ3n) is 3.42. The van der Waals surface area contributed by atoms with Crippen molar-refractivity contribution in [2.75, 3.05) is 13.1 Å². The van der Waals surface area contributed by atoms with E-state index in [4.69, 9.17) is 0 Å². The Balaban J connectivity index is 2.07. The van der Waals surface area contributed by atoms with Gasteiger partial charge in [-0.3, -0.25) is 4.79 Å². The highest BCUT2D eigenvalue weighted by molar-refractivity contribution is 5.81. The summed E-state index contributed by atoms with van der Waals surface area (Å²) in [6, 6.07) is 6.64. The molecule has 1 heterocycles. The van der Waals surface area contributed by atoms with Gasteiger partial charge in [-0.2, -0.15) is 0 Å². The van der Waals surface area contributed by atoms with Crippen LogP contribution >= 0.6 is 0 Å². The molecule has 3 nitrogen and oxygen atoms in total. The first kappa shape index (κ1) is 13.0. The maximum atomic E-state index is 13.7. The van der Waals surface area contributed by atoms with Gasteiger partial charge >= 0.3 is 0 Å². The largest absolute Gasteiger partial charge is 0.355 e. The number of hydrogen-bond donors (Lipinski definition) is 2. The Morgan fingerprint density at radius 1 is 1.50 bits per heavy atom. The molecule has 0 aliphatic carbocycles. The Bertz CT molecular complexity index is 422. The SMILES string of the molecule is CCNC(=O)C1CC(c2ccccc2F)CCN1. The minimum atomic E-state index is -0.205. The molecule has 0 saturated carbocycles. The molecule has 1 aromatic rings. The monoisotopic (exact) mass is 250 g/mol. The number of halogens is 1. The molecule has 1 saturated heterocycles. The van der Waals surface area contributed by atoms with Gasteiger partial charge in [0, 0.05) is 6.54 Å². The second-order valence-electron chi connectivity index (χ2n) is 4.64. The van der Waals surface area contributed by atoms with Crippen LogP contribution in [0.4, 0.5) is 4.39 Å². The van der Waals surface area contributed by atoms with Gasteiger partial charge in [0.05, 0.1) is 6.04 Å². The summed E-state index contributed by atoms with van der Waals surface area (Å²) in [6.07, 6.45) is 1.53. The summed E-state index contributed by atoms with van der Waals surface area (Å²) >= 11 is 0. The molecule has 0 radical (unpaired) electrons. The van der Waals surface area contributed by atoms with Crippen LogP contribution in [0.15, 0.2) is 24.3 Å². The van der Waals surface area contributed by atoms with Gasteiger partial charge in [-0.05, 0) is 43.9 Å². The van der Waals surface area contributed by atoms with Gasteiger partial charge in [-0.25, -0.2) is 4.39 Å². The lowest BCUT2D eigenvalue weighted by atomic mass is 9.86. The van der Waals surface area contributed by atoms with Crippen LogP contribution in [-0.4, -0.2) is 25.0 Å². The molecular formula is C14H19FN2O. The summed E-state index contributed by atoms with van der Waals surface area (Å²) < 4.78 is 13.7. The van der Waals surface area contributed by atoms with Crippen molar-refractivity contribution in [2.45, 2.75) is 31.7 Å². The molecule has 0 aromatic heterocycles. The van der Waals surface area contributed by atoms with Crippen LogP contribution < -0.4 is 10.6 Å². The fourth-order valence-corrected chi connectivity index (χ4v) is 2.50. The predicted octanol–water partition coefficient (Wildman–Crippen LogP) is 1.80. The zero-order valence-electron chi connectivity index (χ0n) is 10.6. The molecule has 2 unspecified atom stereocenters. The number of piperidine rings is 1. The van der Waals surface area contributed by atoms with Gasteiger partial charge in [-0.15, -0.1) is 0 Å². The van der Waals surface area contributed by atoms with E-state index >= 15 is 0 Å². The molecule has 1 fully saturated rings. The molecule has 2 N–H and O–H groups in total. The summed E-state index contributed by atoms with van der Waals surface area (Å²) in [5, 5.41) is 6.00. The van der Waals surface area contributed by atoms with Crippen molar-refractivity contribution in [2.24, 2.45) is 0 Å². The second-order valence-corrected chi connectivity index (χ2v) is 4.64. The van der Waals surface area contributed by atoms with Crippen molar-refractivity contribution in [1.29, 1.82) is 0 Å². The van der Waals surface area contributed by atoms with E-state index in [1.54, 1.807) is 6.07 Å². The zero-order chi connectivity index (χ0) is 13.0. The van der Waals surface area contributed by atoms with Crippen LogP contribution in [0.25, 0.3) is 0 Å². The Morgan fingerprint density at radius 3 is 3.00 bits per heavy atom. The van der Waals surface area contributed by atoms with Crippen molar-refractivity contribution in [3.05, 3.63) is 35.6 Å². The Labute approximate surface area is 107 Å². The maximum Gasteiger partial charge on any atom is 0.237 e. The van der Waals surface area contributed by atoms with E-state index in [0.717, 1.165) is 18.5 Å². The first-order valence-corrected chi connectivity index (χ1v) is 6.48. The highest BCUT2D eigenvalue weighted by Crippen LogP contribution is 2.29. The summed E-state index contributed by atoms with van der Waals surface area (Å²) in [5.74, 6) is -0.0300. The fraction of sp³-hybridized carbons (Fsp3) is 0.500. The number of nitrogens with one attached hydrogen (secondary N) is 2. The molecule has 4 heteroatoms. The van der Waals surface area contributed by atoms with Crippen LogP contribution in [0.5, 0.6) is 0 Å². The van der Waals surface area contributed by atoms with E-state index in [2.05, 4.69) is 10.6 Å². The van der Waals surface area contributed by atoms with Gasteiger partial charge in [0.25, 0.3) is 0 Å². The third-order valence-corrected chi connectivity index (χ3v) is 3.42. The molecular weight excluding hydrogens is 231 g/mol. The molecule has 98 valence electrons. The minimum absolute atomic E-state index is 0.0125. The van der Waals surface area contributed by atoms with Gasteiger partial charge in [0.2, 0.25) is 5.91 Å². The highest BCUT2D eigenvalue weighted by Gasteiger charge is 2.28. The third kappa shape index (κ3) is 2.88. The number of carbonyl (C=O) groups excluding carboxylic acids is 1. The predicted molar refractivity (Wildman–Crippen MR) is 68.8 cm³/mol. The van der Waals surface area contributed by atoms with Crippen LogP contribution in [0.2, 0.25) is 0 Å². The minimum Gasteiger partial charge on any atom is -0.355 e. The molecule has 0 bridgehead atoms. The lowest BCUT2D eigenvalue weighted by Crippen LogP contribution is -2.48. The van der Waals surface area contributed by atoms with Crippen LogP contribution in [0, 0.1) is 5.82 Å². The molecule has 1 aliphatic heterocycles. The average Bonchev–Trinajstić information content (AvgIpc) is 2.40. The molecule has 1 amide bonds. The first-order chi connectivity index (χ1) is 8.72. The smallest absolute Gasteiger partial charge is 0.237 e. The van der Waals surface area contributed by atoms with E-state index in [1.807, 2.05) is 19.1 Å². The second kappa shape index (κ2) is 5.96. The number of rotatable bonds is 3. The van der Waals surface area contributed by atoms with Crippen LogP contribution in [0.3, 0.4) is 0 Å². The Hall–Kier alpha value is -1.42. The van der Waals surface area contributed by atoms with Crippen molar-refractivity contribution in [3.8, 4) is 0 Å². The molecule has 1 aromatic carbocycles. The van der Waals surface area contributed by atoms with Gasteiger partial charge in [0.1, 0.15) is 5.82 Å². The molecule has 18 heavy (non-hydrogen) atoms. The van der Waals surface area contributed by atoms with Crippen molar-refractivity contribution < 1.29 is 9.18 Å². The number of amides is 1. The standard InChI is InChI=1S/C14H19FN2O/c1-2-16-14(18)13-9-10(7-8-17-13)11-5-3-4-6-12(11)15/h3-6,10,13,17H,2,7-9H2,1H3,(H,16,18). The van der Waals surface area contributed by atoms with Crippen molar-refractivity contribution in [3.63, 3.8) is 0 Å². The zero-order valence-corrected chi connectivity index (χ0v) is 10.6. The summed E-state index contributed by atoms with van der Waals surface area (Å²) in [5.41, 5.74) is 0.730. The van der Waals surface area contributed by atoms with Crippen molar-refractivity contribution in [1.82, 2.24) is 10.6 Å². The summed E-state index contributed by atoms with van der Waals surface area (Å²) in [6.45, 7) is 3.28. The van der Waals surface area contributed by atoms with Crippen LogP contribution in [0.1, 0.15) is 31.2 Å². The molecule has 0 spiro atoms. The fourth-order valence-electron chi connectivity index (χ4n) is 2.50. The quantitative estimate of drug-likeness (QED) is 0.859. The van der Waals surface area contributed by atoms with E-state index in [-0.39, 0.29) is 23.7 Å². The van der Waals surface area contributed by atoms with E-state index < -0.39 is 0 Å². The number of benzene rings is 1. The number of likely N-dealkylation sites (N-methyl/N-ethyl adjacent to an activating group) is 1. The summed E-state index contributed by atoms with van der Waals surface area (Å²) in [4.78, 5) is 11.8. The molecule has 2 atom stereocenters. The maximum absolute atomic E-state index is 13.7. The number of carbonyl (C=O) groups is 1. The Morgan fingerprint density at radius 2 is 2.28 bits per heavy atom. The van der Waals surface area contributed by atoms with Gasteiger partial charge in [0.15, 0.2) is 0 Å². The highest BCUT2D eigenvalue weighted by atomic mass is 19.1. The molecule has 1 aliphatic rings. The van der Waals surface area contributed by atoms with Crippen molar-refractivity contribution >= 4 is 5.91 Å². The number of hydrogen-bond acceptors (Lipinski definition) is 2. The lowest BCUT2D eigenvalue weighted by molar-refractivity contribution is -0.123. The van der Waals surface area contributed by atoms with Gasteiger partial charge < -0.3 is 10.6 Å². The normalized spacial score (nSPS) is 23.7. The van der Waals surface area contributed by atoms with Crippen LogP contribution in [-0.2, 0) is 4.79 Å². The van der Waals surface area contributed by atoms with E-state index in [1.165, 1.54) is 6.07 Å². The average molecular weight is 250 g/mol. The van der Waals surface area contributed by atoms with Gasteiger partial charge in [-0.1, -0.05) is 18.2 Å². The topological polar surface area (TPSA) is 41.1 Å². The van der Waals surface area contributed by atoms with E-state index in [0.29, 0.717) is 13.0 Å².